The van der Waals surface area contributed by atoms with Crippen LogP contribution in [0.1, 0.15) is 42.9 Å². The van der Waals surface area contributed by atoms with E-state index in [1.165, 1.54) is 51.9 Å². The third-order valence-corrected chi connectivity index (χ3v) is 9.51. The number of hydrogen-bond acceptors (Lipinski definition) is 4. The first-order chi connectivity index (χ1) is 14.3. The average Bonchev–Trinajstić information content (AvgIpc) is 3.51. The van der Waals surface area contributed by atoms with E-state index in [4.69, 9.17) is 0 Å². The van der Waals surface area contributed by atoms with E-state index >= 15 is 0 Å². The maximum atomic E-state index is 3.29. The number of rotatable bonds is 7. The Bertz CT molecular complexity index is 1120. The zero-order valence-corrected chi connectivity index (χ0v) is 20.1. The van der Waals surface area contributed by atoms with Gasteiger partial charge in [-0.2, -0.15) is 0 Å². The fourth-order valence-electron chi connectivity index (χ4n) is 3.06. The lowest BCUT2D eigenvalue weighted by atomic mass is 10.3. The molecule has 148 valence electrons. The summed E-state index contributed by atoms with van der Waals surface area (Å²) in [4.78, 5) is 11.1. The lowest BCUT2D eigenvalue weighted by molar-refractivity contribution is 0.940. The van der Waals surface area contributed by atoms with Gasteiger partial charge in [0.25, 0.3) is 0 Å². The topological polar surface area (TPSA) is 0 Å². The summed E-state index contributed by atoms with van der Waals surface area (Å²) in [6, 6.07) is 18.1. The molecule has 0 nitrogen and oxygen atoms in total. The van der Waals surface area contributed by atoms with Crippen LogP contribution in [0.15, 0.2) is 48.5 Å². The van der Waals surface area contributed by atoms with Crippen LogP contribution in [0.4, 0.5) is 0 Å². The molecule has 0 aromatic carbocycles. The van der Waals surface area contributed by atoms with Crippen molar-refractivity contribution in [1.29, 1.82) is 0 Å². The molecule has 4 heteroatoms. The van der Waals surface area contributed by atoms with Crippen LogP contribution in [-0.4, -0.2) is 0 Å². The second-order valence-corrected chi connectivity index (χ2v) is 11.4. The van der Waals surface area contributed by atoms with Crippen molar-refractivity contribution in [1.82, 2.24) is 0 Å². The largest absolute Gasteiger partial charge is 0.139 e. The molecule has 4 heterocycles. The summed E-state index contributed by atoms with van der Waals surface area (Å²) in [5.41, 5.74) is 0. The third kappa shape index (κ3) is 5.10. The van der Waals surface area contributed by atoms with E-state index in [1.807, 2.05) is 45.3 Å². The second kappa shape index (κ2) is 9.91. The van der Waals surface area contributed by atoms with E-state index in [0.717, 1.165) is 19.3 Å². The number of aryl methyl sites for hydroxylation is 1. The van der Waals surface area contributed by atoms with Crippen molar-refractivity contribution < 1.29 is 0 Å². The van der Waals surface area contributed by atoms with Gasteiger partial charge in [-0.15, -0.1) is 51.3 Å². The van der Waals surface area contributed by atoms with Crippen molar-refractivity contribution >= 4 is 45.3 Å². The van der Waals surface area contributed by atoms with Crippen molar-refractivity contribution in [2.75, 3.05) is 0 Å². The lowest BCUT2D eigenvalue weighted by Crippen LogP contribution is -1.72. The maximum Gasteiger partial charge on any atom is 0.0449 e. The number of unbranched alkanes of at least 4 members (excludes halogenated alkanes) is 1. The quantitative estimate of drug-likeness (QED) is 0.245. The molecule has 4 aromatic heterocycles. The highest BCUT2D eigenvalue weighted by atomic mass is 32.1. The summed E-state index contributed by atoms with van der Waals surface area (Å²) in [6.45, 7) is 4.42. The Kier molecular flexibility index (Phi) is 7.05. The van der Waals surface area contributed by atoms with Crippen LogP contribution in [0.3, 0.4) is 0 Å². The zero-order chi connectivity index (χ0) is 20.1. The molecule has 29 heavy (non-hydrogen) atoms. The van der Waals surface area contributed by atoms with Gasteiger partial charge in [-0.3, -0.25) is 0 Å². The molecule has 4 aromatic rings. The van der Waals surface area contributed by atoms with Crippen molar-refractivity contribution in [3.05, 3.63) is 58.3 Å². The number of hydrogen-bond donors (Lipinski definition) is 0. The molecule has 0 unspecified atom stereocenters. The first-order valence-electron chi connectivity index (χ1n) is 10.1. The minimum atomic E-state index is 0.873. The lowest BCUT2D eigenvalue weighted by Gasteiger charge is -1.92. The first-order valence-corrected chi connectivity index (χ1v) is 13.4. The zero-order valence-electron chi connectivity index (χ0n) is 16.8. The maximum absolute atomic E-state index is 3.29. The molecule has 0 fully saturated rings. The molecule has 0 saturated heterocycles. The van der Waals surface area contributed by atoms with Crippen LogP contribution in [0.25, 0.3) is 29.3 Å². The molecule has 0 radical (unpaired) electrons. The van der Waals surface area contributed by atoms with Gasteiger partial charge in [-0.05, 0) is 61.4 Å². The molecule has 0 atom stereocenters. The molecule has 0 N–H and O–H groups in total. The van der Waals surface area contributed by atoms with Crippen molar-refractivity contribution in [2.45, 2.75) is 46.0 Å². The standard InChI is InChI=1S/C25H24S4/c1-3-5-6-7-9-19-11-13-21(27-19)23-15-17-25(29-23)24-16-14-22(28-24)20-12-10-18(26-20)8-4-2/h10-17H,3-5,8-9H2,1-2H3. The SMILES string of the molecule is CCCC#CCc1ccc(-c2ccc(-c3ccc(-c4ccc(CCC)s4)s3)s2)s1. The summed E-state index contributed by atoms with van der Waals surface area (Å²) in [5, 5.41) is 0. The van der Waals surface area contributed by atoms with Crippen LogP contribution >= 0.6 is 45.3 Å². The average molecular weight is 453 g/mol. The monoisotopic (exact) mass is 452 g/mol. The molecular weight excluding hydrogens is 429 g/mol. The predicted octanol–water partition coefficient (Wildman–Crippen LogP) is 9.23. The molecule has 0 amide bonds. The minimum absolute atomic E-state index is 0.873. The Morgan fingerprint density at radius 1 is 0.552 bits per heavy atom. The van der Waals surface area contributed by atoms with Gasteiger partial charge in [0.1, 0.15) is 0 Å². The molecule has 0 spiro atoms. The summed E-state index contributed by atoms with van der Waals surface area (Å²) in [6.07, 6.45) is 5.41. The normalized spacial score (nSPS) is 10.8. The summed E-state index contributed by atoms with van der Waals surface area (Å²) < 4.78 is 0. The Labute approximate surface area is 189 Å². The molecule has 0 aliphatic rings. The molecule has 0 aliphatic heterocycles. The van der Waals surface area contributed by atoms with Gasteiger partial charge < -0.3 is 0 Å². The van der Waals surface area contributed by atoms with Crippen molar-refractivity contribution in [2.24, 2.45) is 0 Å². The van der Waals surface area contributed by atoms with E-state index in [9.17, 15) is 0 Å². The third-order valence-electron chi connectivity index (χ3n) is 4.52. The fraction of sp³-hybridized carbons (Fsp3) is 0.280. The Morgan fingerprint density at radius 2 is 1.03 bits per heavy atom. The molecule has 0 bridgehead atoms. The van der Waals surface area contributed by atoms with Gasteiger partial charge in [0.2, 0.25) is 0 Å². The highest BCUT2D eigenvalue weighted by Crippen LogP contribution is 2.43. The summed E-state index contributed by atoms with van der Waals surface area (Å²) in [7, 11) is 0. The summed E-state index contributed by atoms with van der Waals surface area (Å²) in [5.74, 6) is 6.54. The summed E-state index contributed by atoms with van der Waals surface area (Å²) >= 11 is 7.61. The van der Waals surface area contributed by atoms with E-state index in [1.54, 1.807) is 0 Å². The molecule has 0 aliphatic carbocycles. The first kappa shape index (κ1) is 20.6. The van der Waals surface area contributed by atoms with Crippen LogP contribution < -0.4 is 0 Å². The van der Waals surface area contributed by atoms with Crippen molar-refractivity contribution in [3.63, 3.8) is 0 Å². The van der Waals surface area contributed by atoms with Gasteiger partial charge in [0, 0.05) is 51.9 Å². The van der Waals surface area contributed by atoms with E-state index in [2.05, 4.69) is 74.2 Å². The smallest absolute Gasteiger partial charge is 0.0449 e. The van der Waals surface area contributed by atoms with Gasteiger partial charge in [0.05, 0.1) is 0 Å². The minimum Gasteiger partial charge on any atom is -0.139 e. The molecular formula is C25H24S4. The Morgan fingerprint density at radius 3 is 1.59 bits per heavy atom. The van der Waals surface area contributed by atoms with Crippen LogP contribution in [0.5, 0.6) is 0 Å². The molecule has 0 saturated carbocycles. The predicted molar refractivity (Wildman–Crippen MR) is 135 cm³/mol. The van der Waals surface area contributed by atoms with Crippen LogP contribution in [-0.2, 0) is 12.8 Å². The molecule has 4 rings (SSSR count). The fourth-order valence-corrected chi connectivity index (χ4v) is 7.40. The van der Waals surface area contributed by atoms with Crippen LogP contribution in [0.2, 0.25) is 0 Å². The number of thiophene rings is 4. The Balaban J connectivity index is 1.47. The van der Waals surface area contributed by atoms with Gasteiger partial charge in [-0.1, -0.05) is 26.2 Å². The second-order valence-electron chi connectivity index (χ2n) is 6.89. The highest BCUT2D eigenvalue weighted by molar-refractivity contribution is 7.28. The van der Waals surface area contributed by atoms with Gasteiger partial charge in [0.15, 0.2) is 0 Å². The van der Waals surface area contributed by atoms with E-state index in [-0.39, 0.29) is 0 Å². The van der Waals surface area contributed by atoms with E-state index in [0.29, 0.717) is 0 Å². The van der Waals surface area contributed by atoms with E-state index < -0.39 is 0 Å². The highest BCUT2D eigenvalue weighted by Gasteiger charge is 2.11. The van der Waals surface area contributed by atoms with Crippen LogP contribution in [0, 0.1) is 11.8 Å². The Hall–Kier alpha value is -1.64. The van der Waals surface area contributed by atoms with Gasteiger partial charge in [-0.25, -0.2) is 0 Å². The van der Waals surface area contributed by atoms with Gasteiger partial charge >= 0.3 is 0 Å². The van der Waals surface area contributed by atoms with Crippen molar-refractivity contribution in [3.8, 4) is 41.1 Å².